The number of hydrogen-bond acceptors (Lipinski definition) is 2. The SMILES string of the molecule is CCCC1CCC(C(=O)O)C(N(C)CC(C)C)C1. The van der Waals surface area contributed by atoms with Crippen molar-refractivity contribution in [3.8, 4) is 0 Å². The van der Waals surface area contributed by atoms with Gasteiger partial charge < -0.3 is 10.0 Å². The number of nitrogens with zero attached hydrogens (tertiary/aromatic N) is 1. The summed E-state index contributed by atoms with van der Waals surface area (Å²) >= 11 is 0. The van der Waals surface area contributed by atoms with Crippen LogP contribution in [0.2, 0.25) is 0 Å². The predicted molar refractivity (Wildman–Crippen MR) is 74.6 cm³/mol. The molecule has 1 saturated carbocycles. The van der Waals surface area contributed by atoms with Crippen LogP contribution in [0.25, 0.3) is 0 Å². The Kier molecular flexibility index (Phi) is 6.13. The van der Waals surface area contributed by atoms with Crippen molar-refractivity contribution in [1.82, 2.24) is 4.90 Å². The highest BCUT2D eigenvalue weighted by molar-refractivity contribution is 5.71. The molecule has 106 valence electrons. The molecule has 0 aromatic carbocycles. The van der Waals surface area contributed by atoms with Gasteiger partial charge in [-0.25, -0.2) is 0 Å². The van der Waals surface area contributed by atoms with E-state index in [-0.39, 0.29) is 12.0 Å². The number of carboxylic acids is 1. The summed E-state index contributed by atoms with van der Waals surface area (Å²) < 4.78 is 0. The second-order valence-corrected chi connectivity index (χ2v) is 6.31. The molecule has 1 aliphatic rings. The van der Waals surface area contributed by atoms with Gasteiger partial charge in [-0.05, 0) is 38.1 Å². The summed E-state index contributed by atoms with van der Waals surface area (Å²) in [4.78, 5) is 13.7. The third-order valence-electron chi connectivity index (χ3n) is 4.16. The van der Waals surface area contributed by atoms with Crippen LogP contribution in [-0.4, -0.2) is 35.6 Å². The van der Waals surface area contributed by atoms with Crippen molar-refractivity contribution in [1.29, 1.82) is 0 Å². The first-order chi connectivity index (χ1) is 8.45. The van der Waals surface area contributed by atoms with Crippen LogP contribution in [0.15, 0.2) is 0 Å². The Morgan fingerprint density at radius 3 is 2.56 bits per heavy atom. The summed E-state index contributed by atoms with van der Waals surface area (Å²) in [7, 11) is 2.09. The summed E-state index contributed by atoms with van der Waals surface area (Å²) in [5.41, 5.74) is 0. The standard InChI is InChI=1S/C15H29NO2/c1-5-6-12-7-8-13(15(17)18)14(9-12)16(4)10-11(2)3/h11-14H,5-10H2,1-4H3,(H,17,18). The van der Waals surface area contributed by atoms with E-state index in [0.29, 0.717) is 5.92 Å². The summed E-state index contributed by atoms with van der Waals surface area (Å²) in [6.07, 6.45) is 5.47. The van der Waals surface area contributed by atoms with E-state index in [9.17, 15) is 9.90 Å². The molecule has 3 unspecified atom stereocenters. The first-order valence-electron chi connectivity index (χ1n) is 7.38. The van der Waals surface area contributed by atoms with Crippen LogP contribution >= 0.6 is 0 Å². The van der Waals surface area contributed by atoms with E-state index < -0.39 is 5.97 Å². The lowest BCUT2D eigenvalue weighted by molar-refractivity contribution is -0.146. The smallest absolute Gasteiger partial charge is 0.308 e. The summed E-state index contributed by atoms with van der Waals surface area (Å²) in [6.45, 7) is 7.60. The zero-order valence-electron chi connectivity index (χ0n) is 12.4. The van der Waals surface area contributed by atoms with Gasteiger partial charge in [0.05, 0.1) is 5.92 Å². The van der Waals surface area contributed by atoms with E-state index >= 15 is 0 Å². The van der Waals surface area contributed by atoms with Gasteiger partial charge in [0.15, 0.2) is 0 Å². The molecule has 18 heavy (non-hydrogen) atoms. The molecule has 3 heteroatoms. The zero-order valence-corrected chi connectivity index (χ0v) is 12.4. The van der Waals surface area contributed by atoms with E-state index in [2.05, 4.69) is 32.7 Å². The fourth-order valence-corrected chi connectivity index (χ4v) is 3.39. The Morgan fingerprint density at radius 2 is 2.06 bits per heavy atom. The molecule has 0 saturated heterocycles. The van der Waals surface area contributed by atoms with Crippen molar-refractivity contribution in [2.24, 2.45) is 17.8 Å². The van der Waals surface area contributed by atoms with Crippen LogP contribution < -0.4 is 0 Å². The number of carboxylic acid groups (broad SMARTS) is 1. The molecule has 0 heterocycles. The van der Waals surface area contributed by atoms with Crippen molar-refractivity contribution in [2.75, 3.05) is 13.6 Å². The van der Waals surface area contributed by atoms with Crippen molar-refractivity contribution >= 4 is 5.97 Å². The molecule has 1 N–H and O–H groups in total. The Labute approximate surface area is 112 Å². The van der Waals surface area contributed by atoms with Crippen LogP contribution in [0, 0.1) is 17.8 Å². The number of carbonyl (C=O) groups is 1. The molecule has 0 aromatic heterocycles. The van der Waals surface area contributed by atoms with Crippen LogP contribution in [0.5, 0.6) is 0 Å². The number of hydrogen-bond donors (Lipinski definition) is 1. The van der Waals surface area contributed by atoms with E-state index in [1.165, 1.54) is 12.8 Å². The molecule has 3 nitrogen and oxygen atoms in total. The van der Waals surface area contributed by atoms with E-state index in [0.717, 1.165) is 31.7 Å². The molecule has 0 aliphatic heterocycles. The van der Waals surface area contributed by atoms with Gasteiger partial charge in [-0.1, -0.05) is 33.6 Å². The average Bonchev–Trinajstić information content (AvgIpc) is 2.28. The number of rotatable bonds is 6. The second-order valence-electron chi connectivity index (χ2n) is 6.31. The zero-order chi connectivity index (χ0) is 13.7. The largest absolute Gasteiger partial charge is 0.481 e. The molecule has 1 rings (SSSR count). The lowest BCUT2D eigenvalue weighted by Gasteiger charge is -2.40. The molecular formula is C15H29NO2. The molecule has 0 spiro atoms. The van der Waals surface area contributed by atoms with Gasteiger partial charge in [0, 0.05) is 12.6 Å². The minimum atomic E-state index is -0.606. The highest BCUT2D eigenvalue weighted by Crippen LogP contribution is 2.34. The van der Waals surface area contributed by atoms with Gasteiger partial charge in [-0.15, -0.1) is 0 Å². The molecule has 0 bridgehead atoms. The van der Waals surface area contributed by atoms with Gasteiger partial charge in [0.25, 0.3) is 0 Å². The van der Waals surface area contributed by atoms with Crippen LogP contribution in [-0.2, 0) is 4.79 Å². The van der Waals surface area contributed by atoms with Gasteiger partial charge >= 0.3 is 5.97 Å². The maximum Gasteiger partial charge on any atom is 0.308 e. The Morgan fingerprint density at radius 1 is 1.39 bits per heavy atom. The topological polar surface area (TPSA) is 40.5 Å². The fraction of sp³-hybridized carbons (Fsp3) is 0.933. The van der Waals surface area contributed by atoms with Crippen molar-refractivity contribution < 1.29 is 9.90 Å². The summed E-state index contributed by atoms with van der Waals surface area (Å²) in [5, 5.41) is 9.38. The quantitative estimate of drug-likeness (QED) is 0.792. The van der Waals surface area contributed by atoms with Gasteiger partial charge in [0.1, 0.15) is 0 Å². The Bertz CT molecular complexity index is 265. The fourth-order valence-electron chi connectivity index (χ4n) is 3.39. The summed E-state index contributed by atoms with van der Waals surface area (Å²) in [6, 6.07) is 0.232. The predicted octanol–water partition coefficient (Wildman–Crippen LogP) is 3.24. The molecule has 0 amide bonds. The first kappa shape index (κ1) is 15.5. The lowest BCUT2D eigenvalue weighted by atomic mass is 9.76. The highest BCUT2D eigenvalue weighted by Gasteiger charge is 2.36. The third kappa shape index (κ3) is 4.27. The molecule has 1 fully saturated rings. The maximum atomic E-state index is 11.4. The minimum absolute atomic E-state index is 0.165. The van der Waals surface area contributed by atoms with Crippen molar-refractivity contribution in [3.05, 3.63) is 0 Å². The van der Waals surface area contributed by atoms with E-state index in [4.69, 9.17) is 0 Å². The molecule has 0 aromatic rings. The van der Waals surface area contributed by atoms with E-state index in [1.807, 2.05) is 0 Å². The lowest BCUT2D eigenvalue weighted by Crippen LogP contribution is -2.46. The van der Waals surface area contributed by atoms with Gasteiger partial charge in [0.2, 0.25) is 0 Å². The van der Waals surface area contributed by atoms with Gasteiger partial charge in [-0.2, -0.15) is 0 Å². The molecule has 1 aliphatic carbocycles. The van der Waals surface area contributed by atoms with Gasteiger partial charge in [-0.3, -0.25) is 4.79 Å². The number of aliphatic carboxylic acids is 1. The first-order valence-corrected chi connectivity index (χ1v) is 7.38. The summed E-state index contributed by atoms with van der Waals surface area (Å²) in [5.74, 6) is 0.550. The maximum absolute atomic E-state index is 11.4. The van der Waals surface area contributed by atoms with Crippen LogP contribution in [0.4, 0.5) is 0 Å². The third-order valence-corrected chi connectivity index (χ3v) is 4.16. The minimum Gasteiger partial charge on any atom is -0.481 e. The second kappa shape index (κ2) is 7.13. The van der Waals surface area contributed by atoms with Crippen molar-refractivity contribution in [2.45, 2.75) is 58.9 Å². The van der Waals surface area contributed by atoms with Crippen LogP contribution in [0.1, 0.15) is 52.9 Å². The molecule has 0 radical (unpaired) electrons. The van der Waals surface area contributed by atoms with Crippen molar-refractivity contribution in [3.63, 3.8) is 0 Å². The average molecular weight is 255 g/mol. The van der Waals surface area contributed by atoms with Crippen LogP contribution in [0.3, 0.4) is 0 Å². The Balaban J connectivity index is 2.68. The molecular weight excluding hydrogens is 226 g/mol. The highest BCUT2D eigenvalue weighted by atomic mass is 16.4. The Hall–Kier alpha value is -0.570. The molecule has 3 atom stereocenters. The monoisotopic (exact) mass is 255 g/mol. The van der Waals surface area contributed by atoms with E-state index in [1.54, 1.807) is 0 Å². The normalized spacial score (nSPS) is 28.9.